The molecule has 0 atom stereocenters. The fraction of sp³-hybridized carbons (Fsp3) is 0.412. The van der Waals surface area contributed by atoms with E-state index in [0.29, 0.717) is 11.1 Å². The molecule has 1 aliphatic carbocycles. The summed E-state index contributed by atoms with van der Waals surface area (Å²) in [6, 6.07) is 5.43. The third-order valence-electron chi connectivity index (χ3n) is 4.01. The van der Waals surface area contributed by atoms with Crippen LogP contribution in [0.2, 0.25) is 0 Å². The van der Waals surface area contributed by atoms with Gasteiger partial charge in [0, 0.05) is 9.86 Å². The molecule has 0 spiro atoms. The Bertz CT molecular complexity index is 745. The molecule has 0 saturated heterocycles. The molecule has 0 bridgehead atoms. The summed E-state index contributed by atoms with van der Waals surface area (Å²) in [6.07, 6.45) is 2.82. The van der Waals surface area contributed by atoms with Crippen LogP contribution in [0.25, 0.3) is 11.0 Å². The fourth-order valence-corrected chi connectivity index (χ4v) is 2.89. The van der Waals surface area contributed by atoms with Gasteiger partial charge in [-0.1, -0.05) is 22.4 Å². The number of rotatable bonds is 5. The van der Waals surface area contributed by atoms with Crippen LogP contribution in [0.5, 0.6) is 0 Å². The molecule has 5 nitrogen and oxygen atoms in total. The van der Waals surface area contributed by atoms with Crippen LogP contribution in [-0.2, 0) is 20.9 Å². The molecule has 0 unspecified atom stereocenters. The molecule has 0 amide bonds. The first-order valence-corrected chi connectivity index (χ1v) is 8.44. The molecule has 1 aliphatic rings. The summed E-state index contributed by atoms with van der Waals surface area (Å²) in [7, 11) is 0. The molecule has 3 rings (SSSR count). The van der Waals surface area contributed by atoms with Gasteiger partial charge in [0.05, 0.1) is 18.1 Å². The second-order valence-electron chi connectivity index (χ2n) is 5.51. The Labute approximate surface area is 142 Å². The van der Waals surface area contributed by atoms with Crippen molar-refractivity contribution in [2.45, 2.75) is 32.8 Å². The highest BCUT2D eigenvalue weighted by Crippen LogP contribution is 2.31. The lowest BCUT2D eigenvalue weighted by molar-refractivity contribution is -0.152. The van der Waals surface area contributed by atoms with Crippen molar-refractivity contribution in [3.05, 3.63) is 34.0 Å². The Morgan fingerprint density at radius 1 is 1.30 bits per heavy atom. The van der Waals surface area contributed by atoms with Crippen LogP contribution in [0.4, 0.5) is 0 Å². The Balaban J connectivity index is 1.90. The maximum Gasteiger partial charge on any atom is 0.374 e. The van der Waals surface area contributed by atoms with Crippen molar-refractivity contribution in [3.63, 3.8) is 0 Å². The van der Waals surface area contributed by atoms with Crippen molar-refractivity contribution in [3.8, 4) is 0 Å². The highest BCUT2D eigenvalue weighted by molar-refractivity contribution is 9.10. The van der Waals surface area contributed by atoms with Gasteiger partial charge < -0.3 is 13.9 Å². The van der Waals surface area contributed by atoms with Crippen LogP contribution in [-0.4, -0.2) is 18.5 Å². The zero-order valence-corrected chi connectivity index (χ0v) is 14.4. The van der Waals surface area contributed by atoms with Crippen molar-refractivity contribution in [1.29, 1.82) is 0 Å². The molecule has 6 heteroatoms. The van der Waals surface area contributed by atoms with Gasteiger partial charge in [0.2, 0.25) is 5.76 Å². The van der Waals surface area contributed by atoms with Gasteiger partial charge in [-0.15, -0.1) is 0 Å². The number of esters is 2. The Morgan fingerprint density at radius 3 is 2.74 bits per heavy atom. The summed E-state index contributed by atoms with van der Waals surface area (Å²) in [5.74, 6) is -0.669. The largest absolute Gasteiger partial charge is 0.460 e. The van der Waals surface area contributed by atoms with Crippen LogP contribution >= 0.6 is 15.9 Å². The number of halogens is 1. The molecular formula is C17H17BrO5. The van der Waals surface area contributed by atoms with E-state index in [-0.39, 0.29) is 30.9 Å². The van der Waals surface area contributed by atoms with E-state index in [4.69, 9.17) is 13.9 Å². The normalized spacial score (nSPS) is 14.5. The lowest BCUT2D eigenvalue weighted by Gasteiger charge is -2.23. The molecule has 1 aromatic heterocycles. The van der Waals surface area contributed by atoms with E-state index in [9.17, 15) is 9.59 Å². The predicted octanol–water partition coefficient (Wildman–Crippen LogP) is 4.22. The third-order valence-corrected chi connectivity index (χ3v) is 4.50. The molecular weight excluding hydrogens is 364 g/mol. The summed E-state index contributed by atoms with van der Waals surface area (Å²) in [5.41, 5.74) is 1.11. The molecule has 23 heavy (non-hydrogen) atoms. The van der Waals surface area contributed by atoms with Gasteiger partial charge >= 0.3 is 11.9 Å². The van der Waals surface area contributed by atoms with Crippen LogP contribution < -0.4 is 0 Å². The lowest BCUT2D eigenvalue weighted by Crippen LogP contribution is -2.24. The number of hydrogen-bond donors (Lipinski definition) is 0. The Kier molecular flexibility index (Phi) is 4.71. The van der Waals surface area contributed by atoms with Gasteiger partial charge in [0.25, 0.3) is 0 Å². The molecule has 2 aromatic rings. The summed E-state index contributed by atoms with van der Waals surface area (Å²) in [6.45, 7) is 1.99. The number of carbonyl (C=O) groups is 2. The first-order chi connectivity index (χ1) is 11.1. The zero-order valence-electron chi connectivity index (χ0n) is 12.8. The van der Waals surface area contributed by atoms with Gasteiger partial charge in [0.15, 0.2) is 0 Å². The average molecular weight is 381 g/mol. The molecule has 0 radical (unpaired) electrons. The quantitative estimate of drug-likeness (QED) is 0.726. The number of ether oxygens (including phenoxy) is 2. The average Bonchev–Trinajstić information content (AvgIpc) is 2.81. The van der Waals surface area contributed by atoms with Gasteiger partial charge in [-0.3, -0.25) is 4.79 Å². The zero-order chi connectivity index (χ0) is 16.4. The summed E-state index contributed by atoms with van der Waals surface area (Å²) < 4.78 is 16.9. The lowest BCUT2D eigenvalue weighted by atomic mass is 9.86. The summed E-state index contributed by atoms with van der Waals surface area (Å²) >= 11 is 3.40. The minimum absolute atomic E-state index is 0.00688. The highest BCUT2D eigenvalue weighted by Gasteiger charge is 2.28. The third kappa shape index (κ3) is 3.27. The molecule has 122 valence electrons. The van der Waals surface area contributed by atoms with Crippen molar-refractivity contribution in [2.24, 2.45) is 5.92 Å². The van der Waals surface area contributed by atoms with E-state index in [1.807, 2.05) is 12.1 Å². The predicted molar refractivity (Wildman–Crippen MR) is 87.0 cm³/mol. The molecule has 1 aromatic carbocycles. The van der Waals surface area contributed by atoms with E-state index in [2.05, 4.69) is 15.9 Å². The van der Waals surface area contributed by atoms with E-state index in [1.165, 1.54) is 0 Å². The standard InChI is InChI=1S/C17H17BrO5/c1-2-21-17(20)15-13(9-22-16(19)10-4-3-5-10)12-8-11(18)6-7-14(12)23-15/h6-8,10H,2-5,9H2,1H3. The Morgan fingerprint density at radius 2 is 2.09 bits per heavy atom. The maximum absolute atomic E-state index is 12.1. The maximum atomic E-state index is 12.1. The van der Waals surface area contributed by atoms with Crippen molar-refractivity contribution >= 4 is 38.8 Å². The number of furan rings is 1. The summed E-state index contributed by atoms with van der Waals surface area (Å²) in [5, 5.41) is 0.740. The van der Waals surface area contributed by atoms with Crippen LogP contribution in [0.1, 0.15) is 42.3 Å². The first-order valence-electron chi connectivity index (χ1n) is 7.64. The van der Waals surface area contributed by atoms with Gasteiger partial charge in [-0.05, 0) is 38.0 Å². The monoisotopic (exact) mass is 380 g/mol. The van der Waals surface area contributed by atoms with E-state index < -0.39 is 5.97 Å². The second-order valence-corrected chi connectivity index (χ2v) is 6.42. The van der Waals surface area contributed by atoms with Crippen molar-refractivity contribution in [2.75, 3.05) is 6.61 Å². The minimum Gasteiger partial charge on any atom is -0.460 e. The Hall–Kier alpha value is -1.82. The van der Waals surface area contributed by atoms with Crippen molar-refractivity contribution < 1.29 is 23.5 Å². The van der Waals surface area contributed by atoms with Crippen LogP contribution in [0.3, 0.4) is 0 Å². The van der Waals surface area contributed by atoms with E-state index >= 15 is 0 Å². The topological polar surface area (TPSA) is 65.7 Å². The SMILES string of the molecule is CCOC(=O)c1oc2ccc(Br)cc2c1COC(=O)C1CCC1. The number of carbonyl (C=O) groups excluding carboxylic acids is 2. The first kappa shape index (κ1) is 16.1. The number of fused-ring (bicyclic) bond motifs is 1. The van der Waals surface area contributed by atoms with Gasteiger partial charge in [-0.2, -0.15) is 0 Å². The molecule has 0 aliphatic heterocycles. The smallest absolute Gasteiger partial charge is 0.374 e. The molecule has 1 heterocycles. The highest BCUT2D eigenvalue weighted by atomic mass is 79.9. The van der Waals surface area contributed by atoms with Crippen molar-refractivity contribution in [1.82, 2.24) is 0 Å². The van der Waals surface area contributed by atoms with Gasteiger partial charge in [0.1, 0.15) is 12.2 Å². The molecule has 1 fully saturated rings. The molecule has 0 N–H and O–H groups in total. The van der Waals surface area contributed by atoms with E-state index in [1.54, 1.807) is 13.0 Å². The second kappa shape index (κ2) is 6.74. The minimum atomic E-state index is -0.547. The molecule has 1 saturated carbocycles. The number of benzene rings is 1. The van der Waals surface area contributed by atoms with Crippen LogP contribution in [0.15, 0.2) is 27.1 Å². The number of hydrogen-bond acceptors (Lipinski definition) is 5. The van der Waals surface area contributed by atoms with Crippen LogP contribution in [0, 0.1) is 5.92 Å². The van der Waals surface area contributed by atoms with Gasteiger partial charge in [-0.25, -0.2) is 4.79 Å². The van der Waals surface area contributed by atoms with E-state index in [0.717, 1.165) is 29.1 Å². The fourth-order valence-electron chi connectivity index (χ4n) is 2.53. The summed E-state index contributed by atoms with van der Waals surface area (Å²) in [4.78, 5) is 24.0.